The van der Waals surface area contributed by atoms with Crippen LogP contribution in [-0.4, -0.2) is 37.0 Å². The minimum Gasteiger partial charge on any atom is -0.328 e. The summed E-state index contributed by atoms with van der Waals surface area (Å²) in [5, 5.41) is 0. The van der Waals surface area contributed by atoms with Crippen LogP contribution < -0.4 is 4.90 Å². The molecule has 0 saturated carbocycles. The number of rotatable bonds is 4. The van der Waals surface area contributed by atoms with Gasteiger partial charge in [0.1, 0.15) is 12.4 Å². The van der Waals surface area contributed by atoms with Crippen LogP contribution in [0.5, 0.6) is 0 Å². The van der Waals surface area contributed by atoms with Gasteiger partial charge in [0, 0.05) is 11.6 Å². The fourth-order valence-electron chi connectivity index (χ4n) is 2.79. The molecule has 6 heteroatoms. The zero-order chi connectivity index (χ0) is 16.9. The lowest BCUT2D eigenvalue weighted by Crippen LogP contribution is -3.13. The van der Waals surface area contributed by atoms with Crippen molar-refractivity contribution in [3.63, 3.8) is 0 Å². The van der Waals surface area contributed by atoms with Crippen molar-refractivity contribution >= 4 is 39.2 Å². The molecule has 0 unspecified atom stereocenters. The van der Waals surface area contributed by atoms with E-state index in [2.05, 4.69) is 28.1 Å². The molecule has 0 aliphatic carbocycles. The summed E-state index contributed by atoms with van der Waals surface area (Å²) in [4.78, 5) is 16.9. The second kappa shape index (κ2) is 8.05. The minimum absolute atomic E-state index is 0.0452. The van der Waals surface area contributed by atoms with E-state index in [1.807, 2.05) is 4.90 Å². The van der Waals surface area contributed by atoms with Crippen LogP contribution >= 0.6 is 27.3 Å². The molecule has 2 heterocycles. The van der Waals surface area contributed by atoms with Gasteiger partial charge in [-0.15, -0.1) is 11.3 Å². The number of quaternary nitrogens is 1. The van der Waals surface area contributed by atoms with E-state index < -0.39 is 0 Å². The second-order valence-electron chi connectivity index (χ2n) is 5.81. The van der Waals surface area contributed by atoms with Crippen LogP contribution in [-0.2, 0) is 11.3 Å². The third-order valence-electron chi connectivity index (χ3n) is 4.15. The van der Waals surface area contributed by atoms with Crippen molar-refractivity contribution in [2.45, 2.75) is 6.54 Å². The van der Waals surface area contributed by atoms with Crippen LogP contribution in [0.3, 0.4) is 0 Å². The molecule has 0 atom stereocenters. The number of hydrogen-bond acceptors (Lipinski definition) is 2. The van der Waals surface area contributed by atoms with E-state index >= 15 is 0 Å². The maximum Gasteiger partial charge on any atom is 0.246 e. The Balaban J connectivity index is 1.51. The van der Waals surface area contributed by atoms with Gasteiger partial charge in [0.2, 0.25) is 5.91 Å². The number of benzene rings is 1. The molecule has 0 radical (unpaired) electrons. The van der Waals surface area contributed by atoms with Crippen molar-refractivity contribution in [3.8, 4) is 0 Å². The van der Waals surface area contributed by atoms with Crippen LogP contribution in [0.4, 0.5) is 4.39 Å². The summed E-state index contributed by atoms with van der Waals surface area (Å²) in [6.07, 6.45) is 3.03. The summed E-state index contributed by atoms with van der Waals surface area (Å²) in [7, 11) is 0. The average Bonchev–Trinajstić information content (AvgIpc) is 2.99. The fourth-order valence-corrected chi connectivity index (χ4v) is 4.34. The van der Waals surface area contributed by atoms with Crippen LogP contribution in [0, 0.1) is 5.82 Å². The number of carbonyl (C=O) groups is 1. The molecule has 1 saturated heterocycles. The topological polar surface area (TPSA) is 24.8 Å². The van der Waals surface area contributed by atoms with Crippen molar-refractivity contribution < 1.29 is 14.1 Å². The summed E-state index contributed by atoms with van der Waals surface area (Å²) in [5.74, 6) is -0.353. The molecule has 3 rings (SSSR count). The van der Waals surface area contributed by atoms with Crippen molar-refractivity contribution in [3.05, 3.63) is 62.5 Å². The molecule has 0 bridgehead atoms. The van der Waals surface area contributed by atoms with E-state index in [0.29, 0.717) is 5.56 Å². The molecule has 1 fully saturated rings. The van der Waals surface area contributed by atoms with Gasteiger partial charge in [0.05, 0.1) is 34.8 Å². The van der Waals surface area contributed by atoms with Crippen molar-refractivity contribution in [2.24, 2.45) is 0 Å². The molecular weight excluding hydrogens is 391 g/mol. The molecule has 3 nitrogen and oxygen atoms in total. The molecule has 1 aliphatic rings. The Bertz CT molecular complexity index is 738. The van der Waals surface area contributed by atoms with Crippen molar-refractivity contribution in [1.29, 1.82) is 0 Å². The van der Waals surface area contributed by atoms with Gasteiger partial charge in [-0.2, -0.15) is 0 Å². The normalized spacial score (nSPS) is 16.0. The Hall–Kier alpha value is -1.50. The summed E-state index contributed by atoms with van der Waals surface area (Å²) in [6, 6.07) is 10.7. The van der Waals surface area contributed by atoms with Crippen molar-refractivity contribution in [2.75, 3.05) is 26.2 Å². The number of carbonyl (C=O) groups excluding carboxylic acids is 1. The molecule has 126 valence electrons. The first-order valence-electron chi connectivity index (χ1n) is 7.91. The van der Waals surface area contributed by atoms with Gasteiger partial charge >= 0.3 is 0 Å². The maximum absolute atomic E-state index is 13.6. The number of halogens is 2. The van der Waals surface area contributed by atoms with E-state index in [9.17, 15) is 9.18 Å². The number of amides is 1. The van der Waals surface area contributed by atoms with E-state index in [1.54, 1.807) is 35.6 Å². The molecule has 2 aromatic rings. The van der Waals surface area contributed by atoms with Crippen LogP contribution in [0.2, 0.25) is 0 Å². The van der Waals surface area contributed by atoms with Gasteiger partial charge < -0.3 is 9.80 Å². The fraction of sp³-hybridized carbons (Fsp3) is 0.278. The molecule has 1 aromatic carbocycles. The summed E-state index contributed by atoms with van der Waals surface area (Å²) >= 11 is 5.25. The Morgan fingerprint density at radius 2 is 2.00 bits per heavy atom. The zero-order valence-electron chi connectivity index (χ0n) is 13.2. The number of hydrogen-bond donors (Lipinski definition) is 1. The van der Waals surface area contributed by atoms with Gasteiger partial charge in [0.15, 0.2) is 0 Å². The predicted octanol–water partition coefficient (Wildman–Crippen LogP) is 2.59. The average molecular weight is 410 g/mol. The highest BCUT2D eigenvalue weighted by Gasteiger charge is 2.22. The summed E-state index contributed by atoms with van der Waals surface area (Å²) < 4.78 is 14.7. The lowest BCUT2D eigenvalue weighted by atomic mass is 10.2. The lowest BCUT2D eigenvalue weighted by Gasteiger charge is -2.31. The van der Waals surface area contributed by atoms with Gasteiger partial charge in [-0.1, -0.05) is 18.2 Å². The highest BCUT2D eigenvalue weighted by atomic mass is 79.9. The van der Waals surface area contributed by atoms with Crippen LogP contribution in [0.1, 0.15) is 10.4 Å². The molecule has 1 amide bonds. The molecule has 24 heavy (non-hydrogen) atoms. The Morgan fingerprint density at radius 1 is 1.25 bits per heavy atom. The number of thiophene rings is 1. The van der Waals surface area contributed by atoms with Gasteiger partial charge in [-0.3, -0.25) is 4.79 Å². The lowest BCUT2D eigenvalue weighted by molar-refractivity contribution is -0.917. The molecular formula is C18H19BrFN2OS+. The van der Waals surface area contributed by atoms with E-state index in [0.717, 1.165) is 36.5 Å². The monoisotopic (exact) mass is 409 g/mol. The first-order valence-corrected chi connectivity index (χ1v) is 9.52. The van der Waals surface area contributed by atoms with E-state index in [4.69, 9.17) is 0 Å². The Labute approximate surface area is 153 Å². The molecule has 1 N–H and O–H groups in total. The molecule has 1 aromatic heterocycles. The Morgan fingerprint density at radius 3 is 2.67 bits per heavy atom. The number of piperazine rings is 1. The van der Waals surface area contributed by atoms with Gasteiger partial charge in [0.25, 0.3) is 0 Å². The van der Waals surface area contributed by atoms with Crippen LogP contribution in [0.15, 0.2) is 46.3 Å². The quantitative estimate of drug-likeness (QED) is 0.771. The third kappa shape index (κ3) is 4.53. The molecule has 0 spiro atoms. The van der Waals surface area contributed by atoms with Crippen LogP contribution in [0.25, 0.3) is 6.08 Å². The van der Waals surface area contributed by atoms with Gasteiger partial charge in [-0.05, 0) is 40.2 Å². The second-order valence-corrected chi connectivity index (χ2v) is 8.36. The highest BCUT2D eigenvalue weighted by Crippen LogP contribution is 2.21. The maximum atomic E-state index is 13.6. The van der Waals surface area contributed by atoms with E-state index in [1.165, 1.54) is 21.9 Å². The summed E-state index contributed by atoms with van der Waals surface area (Å²) in [5.41, 5.74) is 0.443. The first kappa shape index (κ1) is 17.3. The highest BCUT2D eigenvalue weighted by molar-refractivity contribution is 9.11. The molecule has 1 aliphatic heterocycles. The number of nitrogens with one attached hydrogen (secondary N) is 1. The summed E-state index contributed by atoms with van der Waals surface area (Å²) in [6.45, 7) is 4.36. The standard InChI is InChI=1S/C18H18BrFN2OS/c19-17-7-6-15(24-17)13-21-9-11-22(12-10-21)18(23)8-5-14-3-1-2-4-16(14)20/h1-8H,9-13H2/p+1/b8-5+. The first-order chi connectivity index (χ1) is 11.6. The Kier molecular flexibility index (Phi) is 5.81. The SMILES string of the molecule is O=C(/C=C/c1ccccc1F)N1CC[NH+](Cc2ccc(Br)s2)CC1. The largest absolute Gasteiger partial charge is 0.328 e. The van der Waals surface area contributed by atoms with Crippen molar-refractivity contribution in [1.82, 2.24) is 4.90 Å². The van der Waals surface area contributed by atoms with E-state index in [-0.39, 0.29) is 11.7 Å². The predicted molar refractivity (Wildman–Crippen MR) is 98.4 cm³/mol. The smallest absolute Gasteiger partial charge is 0.246 e. The zero-order valence-corrected chi connectivity index (χ0v) is 15.6. The van der Waals surface area contributed by atoms with Gasteiger partial charge in [-0.25, -0.2) is 4.39 Å². The number of nitrogens with zero attached hydrogens (tertiary/aromatic N) is 1. The minimum atomic E-state index is -0.307. The third-order valence-corrected chi connectivity index (χ3v) is 5.77.